The number of nitrogens with zero attached hydrogens (tertiary/aromatic N) is 3. The van der Waals surface area contributed by atoms with E-state index in [1.54, 1.807) is 25.6 Å². The maximum absolute atomic E-state index is 5.82. The van der Waals surface area contributed by atoms with Gasteiger partial charge in [0.15, 0.2) is 5.76 Å². The summed E-state index contributed by atoms with van der Waals surface area (Å²) in [5.41, 5.74) is 4.83. The smallest absolute Gasteiger partial charge is 0.179 e. The summed E-state index contributed by atoms with van der Waals surface area (Å²) >= 11 is 1.60. The molecule has 4 heterocycles. The first-order valence-corrected chi connectivity index (χ1v) is 10.7. The van der Waals surface area contributed by atoms with Gasteiger partial charge in [-0.05, 0) is 55.0 Å². The van der Waals surface area contributed by atoms with Crippen LogP contribution in [0.1, 0.15) is 11.3 Å². The third-order valence-corrected chi connectivity index (χ3v) is 6.22. The van der Waals surface area contributed by atoms with Gasteiger partial charge < -0.3 is 18.6 Å². The largest absolute Gasteiger partial charge is 0.497 e. The number of benzene rings is 1. The second kappa shape index (κ2) is 8.02. The van der Waals surface area contributed by atoms with Gasteiger partial charge in [0.1, 0.15) is 16.3 Å². The van der Waals surface area contributed by atoms with E-state index in [1.807, 2.05) is 61.8 Å². The van der Waals surface area contributed by atoms with E-state index in [-0.39, 0.29) is 0 Å². The predicted octanol–water partition coefficient (Wildman–Crippen LogP) is 5.87. The van der Waals surface area contributed by atoms with Gasteiger partial charge in [0.25, 0.3) is 0 Å². The molecule has 0 saturated carbocycles. The van der Waals surface area contributed by atoms with Gasteiger partial charge in [-0.25, -0.2) is 4.98 Å². The Labute approximate surface area is 183 Å². The van der Waals surface area contributed by atoms with Crippen LogP contribution in [0, 0.1) is 6.92 Å². The third-order valence-electron chi connectivity index (χ3n) is 5.13. The zero-order valence-electron chi connectivity index (χ0n) is 17.5. The van der Waals surface area contributed by atoms with Gasteiger partial charge in [-0.15, -0.1) is 11.3 Å². The monoisotopic (exact) mass is 431 g/mol. The average molecular weight is 432 g/mol. The lowest BCUT2D eigenvalue weighted by Gasteiger charge is -2.08. The highest BCUT2D eigenvalue weighted by molar-refractivity contribution is 7.22. The van der Waals surface area contributed by atoms with Crippen molar-refractivity contribution in [2.75, 3.05) is 14.2 Å². The Kier molecular flexibility index (Phi) is 5.05. The molecule has 0 atom stereocenters. The molecule has 4 aromatic heterocycles. The van der Waals surface area contributed by atoms with Crippen molar-refractivity contribution in [3.8, 4) is 33.3 Å². The zero-order chi connectivity index (χ0) is 21.4. The molecule has 0 aliphatic carbocycles. The van der Waals surface area contributed by atoms with Crippen molar-refractivity contribution >= 4 is 21.6 Å². The second-order valence-electron chi connectivity index (χ2n) is 7.21. The molecule has 0 radical (unpaired) electrons. The minimum absolute atomic E-state index is 0.512. The fourth-order valence-corrected chi connectivity index (χ4v) is 4.96. The minimum Gasteiger partial charge on any atom is -0.497 e. The quantitative estimate of drug-likeness (QED) is 0.336. The number of thiophene rings is 1. The highest BCUT2D eigenvalue weighted by atomic mass is 32.1. The average Bonchev–Trinajstić information content (AvgIpc) is 3.52. The van der Waals surface area contributed by atoms with E-state index in [0.717, 1.165) is 49.0 Å². The van der Waals surface area contributed by atoms with Gasteiger partial charge in [-0.1, -0.05) is 5.16 Å². The molecule has 0 spiro atoms. The molecule has 5 rings (SSSR count). The molecule has 0 N–H and O–H groups in total. The highest BCUT2D eigenvalue weighted by Gasteiger charge is 2.22. The molecule has 0 bridgehead atoms. The summed E-state index contributed by atoms with van der Waals surface area (Å²) in [5, 5.41) is 5.40. The predicted molar refractivity (Wildman–Crippen MR) is 122 cm³/mol. The molecule has 1 aromatic carbocycles. The first kappa shape index (κ1) is 19.5. The van der Waals surface area contributed by atoms with E-state index < -0.39 is 0 Å². The maximum Gasteiger partial charge on any atom is 0.179 e. The van der Waals surface area contributed by atoms with Crippen molar-refractivity contribution in [3.63, 3.8) is 0 Å². The van der Waals surface area contributed by atoms with E-state index in [1.165, 1.54) is 0 Å². The number of aromatic nitrogens is 3. The summed E-state index contributed by atoms with van der Waals surface area (Å²) in [6.07, 6.45) is 4.06. The number of fused-ring (bicyclic) bond motifs is 1. The lowest BCUT2D eigenvalue weighted by Crippen LogP contribution is -1.96. The molecule has 5 aromatic rings. The summed E-state index contributed by atoms with van der Waals surface area (Å²) < 4.78 is 18.6. The highest BCUT2D eigenvalue weighted by Crippen LogP contribution is 2.43. The second-order valence-corrected chi connectivity index (χ2v) is 8.21. The van der Waals surface area contributed by atoms with Crippen LogP contribution in [0.4, 0.5) is 0 Å². The Morgan fingerprint density at radius 3 is 2.55 bits per heavy atom. The van der Waals surface area contributed by atoms with Crippen molar-refractivity contribution < 1.29 is 14.0 Å². The number of methoxy groups -OCH3 is 2. The van der Waals surface area contributed by atoms with E-state index in [0.29, 0.717) is 12.4 Å². The van der Waals surface area contributed by atoms with Crippen LogP contribution in [0.2, 0.25) is 0 Å². The van der Waals surface area contributed by atoms with Gasteiger partial charge in [0.05, 0.1) is 24.3 Å². The molecular formula is C24H21N3O3S. The summed E-state index contributed by atoms with van der Waals surface area (Å²) in [4.78, 5) is 6.73. The molecule has 0 aliphatic rings. The Balaban J connectivity index is 1.69. The van der Waals surface area contributed by atoms with Crippen LogP contribution >= 0.6 is 11.3 Å². The van der Waals surface area contributed by atoms with Crippen molar-refractivity contribution in [2.45, 2.75) is 13.5 Å². The van der Waals surface area contributed by atoms with Crippen LogP contribution in [-0.4, -0.2) is 28.9 Å². The van der Waals surface area contributed by atoms with Crippen LogP contribution in [0.3, 0.4) is 0 Å². The fraction of sp³-hybridized carbons (Fsp3) is 0.167. The molecule has 7 heteroatoms. The van der Waals surface area contributed by atoms with Gasteiger partial charge >= 0.3 is 0 Å². The number of ether oxygens (including phenoxy) is 2. The molecular weight excluding hydrogens is 410 g/mol. The van der Waals surface area contributed by atoms with Gasteiger partial charge in [0, 0.05) is 42.2 Å². The SMILES string of the molecule is COCc1cc(C)nc2sc(-c3cc(-c4ccc(OC)cc4)no3)c(-n3cccc3)c12. The van der Waals surface area contributed by atoms with Crippen LogP contribution in [-0.2, 0) is 11.3 Å². The van der Waals surface area contributed by atoms with E-state index in [2.05, 4.69) is 15.8 Å². The van der Waals surface area contributed by atoms with Gasteiger partial charge in [-0.3, -0.25) is 0 Å². The van der Waals surface area contributed by atoms with Crippen molar-refractivity contribution in [1.29, 1.82) is 0 Å². The van der Waals surface area contributed by atoms with Crippen molar-refractivity contribution in [2.24, 2.45) is 0 Å². The Morgan fingerprint density at radius 1 is 1.06 bits per heavy atom. The van der Waals surface area contributed by atoms with Crippen LogP contribution in [0.5, 0.6) is 5.75 Å². The Hall–Kier alpha value is -3.42. The zero-order valence-corrected chi connectivity index (χ0v) is 18.3. The third kappa shape index (κ3) is 3.52. The first-order valence-electron chi connectivity index (χ1n) is 9.84. The Bertz CT molecular complexity index is 1330. The van der Waals surface area contributed by atoms with E-state index in [9.17, 15) is 0 Å². The fourth-order valence-electron chi connectivity index (χ4n) is 3.74. The summed E-state index contributed by atoms with van der Waals surface area (Å²) in [5.74, 6) is 1.51. The van der Waals surface area contributed by atoms with Crippen LogP contribution < -0.4 is 4.74 Å². The molecule has 0 aliphatic heterocycles. The molecule has 0 unspecified atom stereocenters. The Morgan fingerprint density at radius 2 is 1.84 bits per heavy atom. The van der Waals surface area contributed by atoms with E-state index in [4.69, 9.17) is 19.0 Å². The molecule has 0 amide bonds. The van der Waals surface area contributed by atoms with Crippen LogP contribution in [0.25, 0.3) is 37.8 Å². The molecule has 31 heavy (non-hydrogen) atoms. The number of aryl methyl sites for hydroxylation is 1. The number of hydrogen-bond acceptors (Lipinski definition) is 6. The molecule has 0 fully saturated rings. The summed E-state index contributed by atoms with van der Waals surface area (Å²) in [6.45, 7) is 2.52. The number of rotatable bonds is 6. The lowest BCUT2D eigenvalue weighted by molar-refractivity contribution is 0.186. The number of pyridine rings is 1. The summed E-state index contributed by atoms with van der Waals surface area (Å²) in [6, 6.07) is 15.8. The number of hydrogen-bond donors (Lipinski definition) is 0. The molecule has 156 valence electrons. The standard InChI is InChI=1S/C24H21N3O3S/c1-15-12-17(14-28-2)21-22(27-10-4-5-11-27)23(31-24(21)25-15)20-13-19(26-30-20)16-6-8-18(29-3)9-7-16/h4-13H,14H2,1-3H3. The lowest BCUT2D eigenvalue weighted by atomic mass is 10.1. The molecule has 6 nitrogen and oxygen atoms in total. The molecule has 0 saturated heterocycles. The van der Waals surface area contributed by atoms with Crippen molar-refractivity contribution in [1.82, 2.24) is 14.7 Å². The minimum atomic E-state index is 0.512. The van der Waals surface area contributed by atoms with Gasteiger partial charge in [0.2, 0.25) is 0 Å². The first-order chi connectivity index (χ1) is 15.2. The van der Waals surface area contributed by atoms with Crippen molar-refractivity contribution in [3.05, 3.63) is 72.2 Å². The van der Waals surface area contributed by atoms with Crippen LogP contribution in [0.15, 0.2) is 65.4 Å². The van der Waals surface area contributed by atoms with E-state index >= 15 is 0 Å². The van der Waals surface area contributed by atoms with Gasteiger partial charge in [-0.2, -0.15) is 0 Å². The summed E-state index contributed by atoms with van der Waals surface area (Å²) in [7, 11) is 3.36. The normalized spacial score (nSPS) is 11.3. The topological polar surface area (TPSA) is 62.3 Å². The maximum atomic E-state index is 5.82.